The van der Waals surface area contributed by atoms with Crippen LogP contribution in [0.25, 0.3) is 0 Å². The van der Waals surface area contributed by atoms with Gasteiger partial charge >= 0.3 is 0 Å². The fourth-order valence-electron chi connectivity index (χ4n) is 2.14. The second kappa shape index (κ2) is 9.05. The number of carbonyl (C=O) groups is 3. The van der Waals surface area contributed by atoms with Crippen molar-refractivity contribution in [3.8, 4) is 0 Å². The van der Waals surface area contributed by atoms with Crippen LogP contribution in [0, 0.1) is 0 Å². The van der Waals surface area contributed by atoms with E-state index in [4.69, 9.17) is 0 Å². The van der Waals surface area contributed by atoms with Gasteiger partial charge in [-0.1, -0.05) is 19.1 Å². The van der Waals surface area contributed by atoms with Crippen molar-refractivity contribution in [3.63, 3.8) is 0 Å². The molecule has 23 heavy (non-hydrogen) atoms. The van der Waals surface area contributed by atoms with Crippen molar-refractivity contribution in [2.24, 2.45) is 0 Å². The molecule has 0 heterocycles. The summed E-state index contributed by atoms with van der Waals surface area (Å²) in [6.07, 6.45) is 0. The fourth-order valence-corrected chi connectivity index (χ4v) is 2.14. The molecule has 0 saturated carbocycles. The number of ketones is 1. The standard InChI is InChI=1S/C17H25N3O3/c1-5-20(10-16(22)18-12(2)3)11-17(23)19-15-9-7-6-8-14(15)13(4)21/h6-9,12H,5,10-11H2,1-4H3,(H,18,22)(H,19,23). The number of hydrogen-bond donors (Lipinski definition) is 2. The molecule has 0 aliphatic carbocycles. The van der Waals surface area contributed by atoms with Crippen LogP contribution < -0.4 is 10.6 Å². The number of amides is 2. The van der Waals surface area contributed by atoms with Crippen molar-refractivity contribution >= 4 is 23.3 Å². The zero-order valence-corrected chi connectivity index (χ0v) is 14.2. The molecule has 126 valence electrons. The summed E-state index contributed by atoms with van der Waals surface area (Å²) >= 11 is 0. The SMILES string of the molecule is CCN(CC(=O)Nc1ccccc1C(C)=O)CC(=O)NC(C)C. The van der Waals surface area contributed by atoms with E-state index >= 15 is 0 Å². The van der Waals surface area contributed by atoms with Crippen molar-refractivity contribution in [3.05, 3.63) is 29.8 Å². The van der Waals surface area contributed by atoms with Crippen LogP contribution >= 0.6 is 0 Å². The summed E-state index contributed by atoms with van der Waals surface area (Å²) in [5.74, 6) is -0.471. The van der Waals surface area contributed by atoms with Crippen LogP contribution in [0.2, 0.25) is 0 Å². The maximum atomic E-state index is 12.2. The molecule has 0 aromatic heterocycles. The number of likely N-dealkylation sites (N-methyl/N-ethyl adjacent to an activating group) is 1. The first-order valence-electron chi connectivity index (χ1n) is 7.75. The van der Waals surface area contributed by atoms with Crippen molar-refractivity contribution in [1.29, 1.82) is 0 Å². The number of nitrogens with one attached hydrogen (secondary N) is 2. The van der Waals surface area contributed by atoms with Gasteiger partial charge in [0.15, 0.2) is 5.78 Å². The van der Waals surface area contributed by atoms with Crippen LogP contribution in [-0.4, -0.2) is 48.2 Å². The summed E-state index contributed by atoms with van der Waals surface area (Å²) in [5, 5.41) is 5.54. The first kappa shape index (κ1) is 18.8. The van der Waals surface area contributed by atoms with Gasteiger partial charge in [0.2, 0.25) is 11.8 Å². The second-order valence-corrected chi connectivity index (χ2v) is 5.68. The fraction of sp³-hybridized carbons (Fsp3) is 0.471. The number of Topliss-reactive ketones (excluding diaryl/α,β-unsaturated/α-hetero) is 1. The number of para-hydroxylation sites is 1. The minimum Gasteiger partial charge on any atom is -0.353 e. The third-order valence-corrected chi connectivity index (χ3v) is 3.21. The smallest absolute Gasteiger partial charge is 0.238 e. The maximum Gasteiger partial charge on any atom is 0.238 e. The molecule has 2 amide bonds. The predicted molar refractivity (Wildman–Crippen MR) is 90.5 cm³/mol. The van der Waals surface area contributed by atoms with Crippen LogP contribution in [0.5, 0.6) is 0 Å². The first-order valence-corrected chi connectivity index (χ1v) is 7.75. The van der Waals surface area contributed by atoms with Gasteiger partial charge in [0, 0.05) is 11.6 Å². The highest BCUT2D eigenvalue weighted by Gasteiger charge is 2.15. The van der Waals surface area contributed by atoms with Gasteiger partial charge in [-0.05, 0) is 39.4 Å². The number of carbonyl (C=O) groups excluding carboxylic acids is 3. The molecule has 0 atom stereocenters. The molecule has 0 unspecified atom stereocenters. The van der Waals surface area contributed by atoms with Crippen LogP contribution in [-0.2, 0) is 9.59 Å². The summed E-state index contributed by atoms with van der Waals surface area (Å²) in [6, 6.07) is 6.94. The second-order valence-electron chi connectivity index (χ2n) is 5.68. The number of benzene rings is 1. The van der Waals surface area contributed by atoms with E-state index in [1.807, 2.05) is 20.8 Å². The van der Waals surface area contributed by atoms with E-state index in [-0.39, 0.29) is 36.7 Å². The lowest BCUT2D eigenvalue weighted by Crippen LogP contribution is -2.42. The Labute approximate surface area is 137 Å². The van der Waals surface area contributed by atoms with Gasteiger partial charge < -0.3 is 10.6 Å². The Balaban J connectivity index is 2.64. The highest BCUT2D eigenvalue weighted by atomic mass is 16.2. The molecule has 1 aromatic carbocycles. The molecular formula is C17H25N3O3. The van der Waals surface area contributed by atoms with Crippen molar-refractivity contribution < 1.29 is 14.4 Å². The topological polar surface area (TPSA) is 78.5 Å². The quantitative estimate of drug-likeness (QED) is 0.715. The largest absolute Gasteiger partial charge is 0.353 e. The molecule has 0 aliphatic rings. The predicted octanol–water partition coefficient (Wildman–Crippen LogP) is 1.67. The summed E-state index contributed by atoms with van der Waals surface area (Å²) in [5.41, 5.74) is 0.967. The van der Waals surface area contributed by atoms with E-state index in [2.05, 4.69) is 10.6 Å². The van der Waals surface area contributed by atoms with Gasteiger partial charge in [-0.2, -0.15) is 0 Å². The van der Waals surface area contributed by atoms with Crippen LogP contribution in [0.3, 0.4) is 0 Å². The van der Waals surface area contributed by atoms with E-state index in [0.717, 1.165) is 0 Å². The molecular weight excluding hydrogens is 294 g/mol. The lowest BCUT2D eigenvalue weighted by atomic mass is 10.1. The molecule has 1 rings (SSSR count). The third kappa shape index (κ3) is 6.61. The Bertz CT molecular complexity index is 570. The Morgan fingerprint density at radius 3 is 2.26 bits per heavy atom. The Kier molecular flexibility index (Phi) is 7.41. The van der Waals surface area contributed by atoms with E-state index in [9.17, 15) is 14.4 Å². The van der Waals surface area contributed by atoms with Crippen LogP contribution in [0.4, 0.5) is 5.69 Å². The summed E-state index contributed by atoms with van der Waals surface area (Å²) in [4.78, 5) is 37.2. The third-order valence-electron chi connectivity index (χ3n) is 3.21. The van der Waals surface area contributed by atoms with Crippen molar-refractivity contribution in [1.82, 2.24) is 10.2 Å². The summed E-state index contributed by atoms with van der Waals surface area (Å²) in [7, 11) is 0. The van der Waals surface area contributed by atoms with E-state index in [1.54, 1.807) is 29.2 Å². The van der Waals surface area contributed by atoms with E-state index in [0.29, 0.717) is 17.8 Å². The van der Waals surface area contributed by atoms with E-state index in [1.165, 1.54) is 6.92 Å². The zero-order chi connectivity index (χ0) is 17.4. The molecule has 6 nitrogen and oxygen atoms in total. The number of nitrogens with zero attached hydrogens (tertiary/aromatic N) is 1. The van der Waals surface area contributed by atoms with Gasteiger partial charge in [-0.15, -0.1) is 0 Å². The normalized spacial score (nSPS) is 10.7. The lowest BCUT2D eigenvalue weighted by molar-refractivity contribution is -0.123. The first-order chi connectivity index (χ1) is 10.8. The van der Waals surface area contributed by atoms with Crippen LogP contribution in [0.15, 0.2) is 24.3 Å². The van der Waals surface area contributed by atoms with Gasteiger partial charge in [0.25, 0.3) is 0 Å². The zero-order valence-electron chi connectivity index (χ0n) is 14.2. The average Bonchev–Trinajstić information content (AvgIpc) is 2.45. The molecule has 1 aromatic rings. The molecule has 0 radical (unpaired) electrons. The molecule has 0 spiro atoms. The number of anilines is 1. The Morgan fingerprint density at radius 2 is 1.70 bits per heavy atom. The Morgan fingerprint density at radius 1 is 1.09 bits per heavy atom. The minimum atomic E-state index is -0.252. The monoisotopic (exact) mass is 319 g/mol. The van der Waals surface area contributed by atoms with Gasteiger partial charge in [-0.3, -0.25) is 19.3 Å². The molecule has 0 fully saturated rings. The maximum absolute atomic E-state index is 12.2. The molecule has 6 heteroatoms. The average molecular weight is 319 g/mol. The lowest BCUT2D eigenvalue weighted by Gasteiger charge is -2.20. The van der Waals surface area contributed by atoms with E-state index < -0.39 is 0 Å². The highest BCUT2D eigenvalue weighted by Crippen LogP contribution is 2.15. The minimum absolute atomic E-state index is 0.0671. The number of rotatable bonds is 8. The Hall–Kier alpha value is -2.21. The van der Waals surface area contributed by atoms with Crippen molar-refractivity contribution in [2.75, 3.05) is 25.0 Å². The highest BCUT2D eigenvalue weighted by molar-refractivity contribution is 6.04. The van der Waals surface area contributed by atoms with Crippen molar-refractivity contribution in [2.45, 2.75) is 33.7 Å². The molecule has 0 aliphatic heterocycles. The molecule has 0 bridgehead atoms. The summed E-state index contributed by atoms with van der Waals surface area (Å²) in [6.45, 7) is 7.95. The molecule has 2 N–H and O–H groups in total. The van der Waals surface area contributed by atoms with Gasteiger partial charge in [0.1, 0.15) is 0 Å². The van der Waals surface area contributed by atoms with Gasteiger partial charge in [-0.25, -0.2) is 0 Å². The number of hydrogen-bond acceptors (Lipinski definition) is 4. The summed E-state index contributed by atoms with van der Waals surface area (Å²) < 4.78 is 0. The van der Waals surface area contributed by atoms with Gasteiger partial charge in [0.05, 0.1) is 18.8 Å². The molecule has 0 saturated heterocycles. The van der Waals surface area contributed by atoms with Crippen LogP contribution in [0.1, 0.15) is 38.1 Å².